The van der Waals surface area contributed by atoms with Gasteiger partial charge in [0, 0.05) is 21.3 Å². The van der Waals surface area contributed by atoms with Crippen molar-refractivity contribution in [1.29, 1.82) is 0 Å². The number of carboxylic acid groups (broad SMARTS) is 3. The molecule has 0 aromatic rings. The Morgan fingerprint density at radius 3 is 0.687 bits per heavy atom. The molecular formula is C57H105AlO9. The quantitative estimate of drug-likeness (QED) is 0.0507. The number of carbonyl (C=O) groups is 3. The molecule has 0 saturated heterocycles. The van der Waals surface area contributed by atoms with Gasteiger partial charge in [-0.1, -0.05) is 99.8 Å². The Morgan fingerprint density at radius 1 is 0.388 bits per heavy atom. The van der Waals surface area contributed by atoms with Crippen molar-refractivity contribution < 1.29 is 43.9 Å². The fraction of sp³-hybridized carbons (Fsp3) is 0.842. The largest absolute Gasteiger partial charge is 3.00 e. The number of hydrogen-bond donors (Lipinski definition) is 0. The third-order valence-electron chi connectivity index (χ3n) is 13.1. The van der Waals surface area contributed by atoms with Gasteiger partial charge in [-0.15, -0.1) is 0 Å². The van der Waals surface area contributed by atoms with Crippen LogP contribution in [-0.2, 0) is 28.6 Å². The van der Waals surface area contributed by atoms with Crippen LogP contribution in [0.3, 0.4) is 0 Å². The molecule has 0 heterocycles. The van der Waals surface area contributed by atoms with E-state index in [-0.39, 0.29) is 51.9 Å². The third-order valence-corrected chi connectivity index (χ3v) is 13.1. The Hall–Kier alpha value is -1.96. The number of hydrogen-bond acceptors (Lipinski definition) is 9. The molecule has 0 N–H and O–H groups in total. The van der Waals surface area contributed by atoms with Crippen molar-refractivity contribution in [2.45, 2.75) is 239 Å². The molecule has 0 aliphatic carbocycles. The van der Waals surface area contributed by atoms with Gasteiger partial charge in [-0.25, -0.2) is 0 Å². The minimum absolute atomic E-state index is 0. The summed E-state index contributed by atoms with van der Waals surface area (Å²) in [5.41, 5.74) is 3.96. The standard InChI is InChI=1S/3C19H36O3.Al/c3*1-13(2)11-16(9-10-19(6,7)22-8)15(5)17(18(20)21)12-14(3)4;/h3*13-14,16H,9-12H2,1-8H3,(H,20,21);/q;;;+3/p-3. The Labute approximate surface area is 424 Å². The van der Waals surface area contributed by atoms with Crippen LogP contribution in [0.2, 0.25) is 0 Å². The minimum atomic E-state index is -1.01. The van der Waals surface area contributed by atoms with Crippen LogP contribution < -0.4 is 15.3 Å². The molecule has 0 radical (unpaired) electrons. The molecule has 390 valence electrons. The summed E-state index contributed by atoms with van der Waals surface area (Å²) in [5, 5.41) is 34.6. The number of aliphatic carboxylic acids is 3. The first-order chi connectivity index (χ1) is 30.0. The number of allylic oxidation sites excluding steroid dienone is 3. The summed E-state index contributed by atoms with van der Waals surface area (Å²) in [6.07, 6.45) is 10.3. The molecule has 0 amide bonds. The summed E-state index contributed by atoms with van der Waals surface area (Å²) in [4.78, 5) is 34.6. The summed E-state index contributed by atoms with van der Waals surface area (Å²) in [5.74, 6) is 0.369. The first-order valence-corrected chi connectivity index (χ1v) is 25.4. The van der Waals surface area contributed by atoms with E-state index in [0.29, 0.717) is 71.5 Å². The molecule has 9 nitrogen and oxygen atoms in total. The van der Waals surface area contributed by atoms with E-state index in [1.54, 1.807) is 21.3 Å². The molecule has 0 bridgehead atoms. The second-order valence-electron chi connectivity index (χ2n) is 23.6. The summed E-state index contributed by atoms with van der Waals surface area (Å²) < 4.78 is 16.5. The summed E-state index contributed by atoms with van der Waals surface area (Å²) in [6.45, 7) is 43.7. The smallest absolute Gasteiger partial charge is 0.545 e. The van der Waals surface area contributed by atoms with Crippen LogP contribution in [0.15, 0.2) is 33.4 Å². The van der Waals surface area contributed by atoms with Gasteiger partial charge in [0.15, 0.2) is 0 Å². The molecule has 67 heavy (non-hydrogen) atoms. The molecule has 0 aliphatic heterocycles. The zero-order chi connectivity index (χ0) is 52.5. The molecule has 0 aromatic carbocycles. The second-order valence-corrected chi connectivity index (χ2v) is 23.6. The van der Waals surface area contributed by atoms with E-state index in [4.69, 9.17) is 14.2 Å². The maximum absolute atomic E-state index is 11.5. The van der Waals surface area contributed by atoms with Crippen LogP contribution in [0.5, 0.6) is 0 Å². The Bertz CT molecular complexity index is 1320. The monoisotopic (exact) mass is 961 g/mol. The van der Waals surface area contributed by atoms with Crippen LogP contribution in [0.1, 0.15) is 222 Å². The van der Waals surface area contributed by atoms with E-state index < -0.39 is 17.9 Å². The van der Waals surface area contributed by atoms with Gasteiger partial charge < -0.3 is 43.9 Å². The van der Waals surface area contributed by atoms with Crippen molar-refractivity contribution in [1.82, 2.24) is 0 Å². The van der Waals surface area contributed by atoms with Gasteiger partial charge in [0.25, 0.3) is 0 Å². The Morgan fingerprint density at radius 2 is 0.567 bits per heavy atom. The molecule has 0 fully saturated rings. The van der Waals surface area contributed by atoms with Gasteiger partial charge in [-0.3, -0.25) is 0 Å². The van der Waals surface area contributed by atoms with E-state index >= 15 is 0 Å². The first kappa shape index (κ1) is 71.6. The van der Waals surface area contributed by atoms with Crippen LogP contribution >= 0.6 is 0 Å². The molecular weight excluding hydrogens is 856 g/mol. The Kier molecular flexibility index (Phi) is 37.6. The third kappa shape index (κ3) is 34.1. The maximum atomic E-state index is 11.5. The zero-order valence-electron chi connectivity index (χ0n) is 47.9. The molecule has 10 heteroatoms. The van der Waals surface area contributed by atoms with Crippen LogP contribution in [0.4, 0.5) is 0 Å². The average Bonchev–Trinajstić information content (AvgIpc) is 3.18. The second kappa shape index (κ2) is 35.2. The topological polar surface area (TPSA) is 148 Å². The van der Waals surface area contributed by atoms with Crippen molar-refractivity contribution >= 4 is 35.3 Å². The van der Waals surface area contributed by atoms with Crippen LogP contribution in [0, 0.1) is 53.3 Å². The predicted octanol–water partition coefficient (Wildman–Crippen LogP) is 11.5. The van der Waals surface area contributed by atoms with E-state index in [1.165, 1.54) is 0 Å². The average molecular weight is 961 g/mol. The van der Waals surface area contributed by atoms with Gasteiger partial charge in [0.2, 0.25) is 0 Å². The van der Waals surface area contributed by atoms with Crippen LogP contribution in [-0.4, -0.2) is 73.4 Å². The van der Waals surface area contributed by atoms with E-state index in [0.717, 1.165) is 74.5 Å². The van der Waals surface area contributed by atoms with Gasteiger partial charge >= 0.3 is 17.4 Å². The SMILES string of the molecule is COC(C)(C)CCC(CC(C)C)C(C)=C(CC(C)C)C(=O)[O-].COC(C)(C)CCC(CC(C)C)C(C)=C(CC(C)C)C(=O)[O-].COC(C)(C)CCC(CC(C)C)C(C)=C(CC(C)C)C(=O)[O-].[Al+3]. The van der Waals surface area contributed by atoms with Gasteiger partial charge in [-0.05, 0) is 209 Å². The Balaban J connectivity index is -0.000000441. The molecule has 0 saturated carbocycles. The number of carbonyl (C=O) groups excluding carboxylic acids is 3. The van der Waals surface area contributed by atoms with E-state index in [1.807, 2.05) is 62.3 Å². The zero-order valence-corrected chi connectivity index (χ0v) is 49.1. The predicted molar refractivity (Wildman–Crippen MR) is 277 cm³/mol. The normalized spacial score (nSPS) is 15.0. The van der Waals surface area contributed by atoms with Crippen molar-refractivity contribution in [2.24, 2.45) is 53.3 Å². The summed E-state index contributed by atoms with van der Waals surface area (Å²) in [6, 6.07) is 0. The molecule has 0 rings (SSSR count). The summed E-state index contributed by atoms with van der Waals surface area (Å²) >= 11 is 0. The molecule has 0 aliphatic rings. The minimum Gasteiger partial charge on any atom is -0.545 e. The molecule has 0 aromatic heterocycles. The number of rotatable bonds is 30. The van der Waals surface area contributed by atoms with Crippen LogP contribution in [0.25, 0.3) is 0 Å². The van der Waals surface area contributed by atoms with Gasteiger partial charge in [0.1, 0.15) is 0 Å². The molecule has 3 atom stereocenters. The van der Waals surface area contributed by atoms with Crippen molar-refractivity contribution in [2.75, 3.05) is 21.3 Å². The number of carboxylic acids is 3. The van der Waals surface area contributed by atoms with Gasteiger partial charge in [-0.2, -0.15) is 0 Å². The van der Waals surface area contributed by atoms with E-state index in [9.17, 15) is 29.7 Å². The summed E-state index contributed by atoms with van der Waals surface area (Å²) in [7, 11) is 5.18. The molecule has 0 spiro atoms. The number of ether oxygens (including phenoxy) is 3. The van der Waals surface area contributed by atoms with Gasteiger partial charge in [0.05, 0.1) is 34.7 Å². The maximum Gasteiger partial charge on any atom is 3.00 e. The van der Waals surface area contributed by atoms with Crippen molar-refractivity contribution in [3.8, 4) is 0 Å². The fourth-order valence-electron chi connectivity index (χ4n) is 8.29. The first-order valence-electron chi connectivity index (χ1n) is 25.4. The molecule has 3 unspecified atom stereocenters. The number of methoxy groups -OCH3 is 3. The van der Waals surface area contributed by atoms with Crippen molar-refractivity contribution in [3.05, 3.63) is 33.4 Å². The van der Waals surface area contributed by atoms with E-state index in [2.05, 4.69) is 83.1 Å². The van der Waals surface area contributed by atoms with Crippen molar-refractivity contribution in [3.63, 3.8) is 0 Å². The fourth-order valence-corrected chi connectivity index (χ4v) is 8.29.